The molecule has 3 rings (SSSR count). The van der Waals surface area contributed by atoms with E-state index in [1.54, 1.807) is 18.2 Å². The van der Waals surface area contributed by atoms with Crippen LogP contribution in [0.3, 0.4) is 0 Å². The second-order valence-corrected chi connectivity index (χ2v) is 6.57. The second kappa shape index (κ2) is 8.81. The summed E-state index contributed by atoms with van der Waals surface area (Å²) in [7, 11) is 1.87. The van der Waals surface area contributed by atoms with Crippen LogP contribution < -0.4 is 10.1 Å². The van der Waals surface area contributed by atoms with Crippen LogP contribution in [0.4, 0.5) is 4.39 Å². The molecule has 1 atom stereocenters. The van der Waals surface area contributed by atoms with Crippen LogP contribution in [-0.2, 0) is 11.2 Å². The Morgan fingerprint density at radius 2 is 2.00 bits per heavy atom. The molecule has 1 aliphatic rings. The lowest BCUT2D eigenvalue weighted by atomic mass is 9.87. The van der Waals surface area contributed by atoms with Gasteiger partial charge in [-0.3, -0.25) is 4.79 Å². The van der Waals surface area contributed by atoms with E-state index in [-0.39, 0.29) is 30.1 Å². The Bertz CT molecular complexity index is 750. The molecule has 2 aromatic carbocycles. The molecule has 0 aliphatic heterocycles. The van der Waals surface area contributed by atoms with Crippen molar-refractivity contribution in [2.45, 2.75) is 25.3 Å². The number of rotatable bonds is 7. The largest absolute Gasteiger partial charge is 0.489 e. The van der Waals surface area contributed by atoms with Crippen molar-refractivity contribution >= 4 is 5.91 Å². The van der Waals surface area contributed by atoms with E-state index in [2.05, 4.69) is 23.5 Å². The van der Waals surface area contributed by atoms with Gasteiger partial charge in [0.1, 0.15) is 6.61 Å². The molecule has 5 heteroatoms. The minimum absolute atomic E-state index is 0.0533. The van der Waals surface area contributed by atoms with Crippen molar-refractivity contribution in [1.29, 1.82) is 0 Å². The van der Waals surface area contributed by atoms with Gasteiger partial charge in [0.2, 0.25) is 5.91 Å². The lowest BCUT2D eigenvalue weighted by Crippen LogP contribution is -2.40. The molecule has 4 nitrogen and oxygen atoms in total. The van der Waals surface area contributed by atoms with Gasteiger partial charge in [0.05, 0.1) is 12.6 Å². The molecule has 1 unspecified atom stereocenters. The van der Waals surface area contributed by atoms with E-state index in [1.807, 2.05) is 18.0 Å². The number of nitrogens with one attached hydrogen (secondary N) is 1. The fraction of sp³-hybridized carbons (Fsp3) is 0.381. The molecule has 1 aliphatic carbocycles. The molecule has 2 aromatic rings. The molecule has 1 N–H and O–H groups in total. The maximum Gasteiger partial charge on any atom is 0.236 e. The summed E-state index contributed by atoms with van der Waals surface area (Å²) in [6.45, 7) is 1.04. The molecule has 0 spiro atoms. The quantitative estimate of drug-likeness (QED) is 0.774. The Morgan fingerprint density at radius 3 is 2.85 bits per heavy atom. The van der Waals surface area contributed by atoms with Gasteiger partial charge in [0, 0.05) is 13.6 Å². The number of benzene rings is 2. The van der Waals surface area contributed by atoms with Crippen molar-refractivity contribution in [3.8, 4) is 5.75 Å². The molecule has 26 heavy (non-hydrogen) atoms. The van der Waals surface area contributed by atoms with Crippen molar-refractivity contribution in [3.63, 3.8) is 0 Å². The Kier molecular flexibility index (Phi) is 6.23. The summed E-state index contributed by atoms with van der Waals surface area (Å²) in [6.07, 6.45) is 3.18. The summed E-state index contributed by atoms with van der Waals surface area (Å²) in [5, 5.41) is 3.08. The van der Waals surface area contributed by atoms with Gasteiger partial charge < -0.3 is 15.0 Å². The van der Waals surface area contributed by atoms with Crippen molar-refractivity contribution in [1.82, 2.24) is 10.2 Å². The maximum absolute atomic E-state index is 13.5. The molecule has 1 amide bonds. The first-order chi connectivity index (χ1) is 12.7. The van der Waals surface area contributed by atoms with E-state index in [0.29, 0.717) is 13.2 Å². The normalized spacial score (nSPS) is 16.0. The molecular formula is C21H25FN2O2. The Hall–Kier alpha value is -2.40. The molecule has 0 aromatic heterocycles. The highest BCUT2D eigenvalue weighted by Crippen LogP contribution is 2.33. The second-order valence-electron chi connectivity index (χ2n) is 6.57. The number of nitrogens with zero attached hydrogens (tertiary/aromatic N) is 1. The molecule has 0 radical (unpaired) electrons. The van der Waals surface area contributed by atoms with E-state index < -0.39 is 0 Å². The molecule has 0 saturated heterocycles. The number of ether oxygens (including phenoxy) is 1. The third kappa shape index (κ3) is 4.41. The SMILES string of the molecule is CN(C(=O)CNCCOc1ccccc1F)C1CCCc2ccccc21. The number of likely N-dealkylation sites (N-methyl/N-ethyl adjacent to an activating group) is 1. The maximum atomic E-state index is 13.5. The number of hydrogen-bond donors (Lipinski definition) is 1. The number of halogens is 1. The average Bonchev–Trinajstić information content (AvgIpc) is 2.68. The van der Waals surface area contributed by atoms with Crippen LogP contribution in [0.1, 0.15) is 30.0 Å². The van der Waals surface area contributed by atoms with Crippen LogP contribution in [0.25, 0.3) is 0 Å². The first-order valence-electron chi connectivity index (χ1n) is 9.08. The zero-order valence-corrected chi connectivity index (χ0v) is 15.1. The highest BCUT2D eigenvalue weighted by atomic mass is 19.1. The molecule has 138 valence electrons. The summed E-state index contributed by atoms with van der Waals surface area (Å²) < 4.78 is 18.8. The van der Waals surface area contributed by atoms with E-state index in [0.717, 1.165) is 19.3 Å². The highest BCUT2D eigenvalue weighted by molar-refractivity contribution is 5.78. The van der Waals surface area contributed by atoms with Gasteiger partial charge in [-0.2, -0.15) is 0 Å². The van der Waals surface area contributed by atoms with Gasteiger partial charge in [-0.25, -0.2) is 4.39 Å². The summed E-state index contributed by atoms with van der Waals surface area (Å²) in [5.41, 5.74) is 2.60. The molecule has 0 fully saturated rings. The smallest absolute Gasteiger partial charge is 0.236 e. The number of para-hydroxylation sites is 1. The summed E-state index contributed by atoms with van der Waals surface area (Å²) >= 11 is 0. The summed E-state index contributed by atoms with van der Waals surface area (Å²) in [4.78, 5) is 14.3. The van der Waals surface area contributed by atoms with Crippen molar-refractivity contribution in [2.24, 2.45) is 0 Å². The number of aryl methyl sites for hydroxylation is 1. The third-order valence-electron chi connectivity index (χ3n) is 4.85. The fourth-order valence-electron chi connectivity index (χ4n) is 3.42. The van der Waals surface area contributed by atoms with Crippen LogP contribution in [0, 0.1) is 5.82 Å². The van der Waals surface area contributed by atoms with E-state index in [9.17, 15) is 9.18 Å². The lowest BCUT2D eigenvalue weighted by Gasteiger charge is -2.33. The number of carbonyl (C=O) groups excluding carboxylic acids is 1. The Labute approximate surface area is 154 Å². The number of amides is 1. The van der Waals surface area contributed by atoms with Crippen molar-refractivity contribution in [2.75, 3.05) is 26.7 Å². The monoisotopic (exact) mass is 356 g/mol. The highest BCUT2D eigenvalue weighted by Gasteiger charge is 2.26. The fourth-order valence-corrected chi connectivity index (χ4v) is 3.42. The van der Waals surface area contributed by atoms with Gasteiger partial charge in [-0.1, -0.05) is 36.4 Å². The van der Waals surface area contributed by atoms with Gasteiger partial charge in [0.25, 0.3) is 0 Å². The van der Waals surface area contributed by atoms with Gasteiger partial charge in [-0.05, 0) is 42.5 Å². The van der Waals surface area contributed by atoms with Crippen molar-refractivity contribution in [3.05, 3.63) is 65.5 Å². The first kappa shape index (κ1) is 18.4. The first-order valence-corrected chi connectivity index (χ1v) is 9.08. The van der Waals surface area contributed by atoms with Crippen LogP contribution in [0.5, 0.6) is 5.75 Å². The lowest BCUT2D eigenvalue weighted by molar-refractivity contribution is -0.131. The standard InChI is InChI=1S/C21H25FN2O2/c1-24(19-11-6-8-16-7-2-3-9-17(16)19)21(25)15-23-13-14-26-20-12-5-4-10-18(20)22/h2-5,7,9-10,12,19,23H,6,8,11,13-15H2,1H3. The molecule has 0 bridgehead atoms. The number of carbonyl (C=O) groups is 1. The van der Waals surface area contributed by atoms with Crippen LogP contribution >= 0.6 is 0 Å². The zero-order chi connectivity index (χ0) is 18.4. The molecule has 0 heterocycles. The minimum Gasteiger partial charge on any atom is -0.489 e. The van der Waals surface area contributed by atoms with E-state index in [1.165, 1.54) is 17.2 Å². The molecular weight excluding hydrogens is 331 g/mol. The van der Waals surface area contributed by atoms with E-state index >= 15 is 0 Å². The average molecular weight is 356 g/mol. The van der Waals surface area contributed by atoms with Gasteiger partial charge in [-0.15, -0.1) is 0 Å². The molecule has 0 saturated carbocycles. The van der Waals surface area contributed by atoms with Crippen molar-refractivity contribution < 1.29 is 13.9 Å². The minimum atomic E-state index is -0.376. The zero-order valence-electron chi connectivity index (χ0n) is 15.1. The summed E-state index contributed by atoms with van der Waals surface area (Å²) in [5.74, 6) is -0.0894. The predicted molar refractivity (Wildman–Crippen MR) is 99.7 cm³/mol. The van der Waals surface area contributed by atoms with Crippen LogP contribution in [-0.4, -0.2) is 37.6 Å². The van der Waals surface area contributed by atoms with Gasteiger partial charge in [0.15, 0.2) is 11.6 Å². The number of hydrogen-bond acceptors (Lipinski definition) is 3. The Balaban J connectivity index is 1.45. The summed E-state index contributed by atoms with van der Waals surface area (Å²) in [6, 6.07) is 14.8. The predicted octanol–water partition coefficient (Wildman–Crippen LogP) is 3.33. The topological polar surface area (TPSA) is 41.6 Å². The van der Waals surface area contributed by atoms with Crippen LogP contribution in [0.2, 0.25) is 0 Å². The number of fused-ring (bicyclic) bond motifs is 1. The third-order valence-corrected chi connectivity index (χ3v) is 4.85. The Morgan fingerprint density at radius 1 is 1.23 bits per heavy atom. The van der Waals surface area contributed by atoms with Gasteiger partial charge >= 0.3 is 0 Å². The van der Waals surface area contributed by atoms with E-state index in [4.69, 9.17) is 4.74 Å². The van der Waals surface area contributed by atoms with Crippen LogP contribution in [0.15, 0.2) is 48.5 Å².